The van der Waals surface area contributed by atoms with Gasteiger partial charge >= 0.3 is 23.9 Å². The van der Waals surface area contributed by atoms with Gasteiger partial charge in [0.2, 0.25) is 12.1 Å². The summed E-state index contributed by atoms with van der Waals surface area (Å²) >= 11 is 0. The van der Waals surface area contributed by atoms with Crippen molar-refractivity contribution in [2.24, 2.45) is 23.3 Å². The lowest BCUT2D eigenvalue weighted by molar-refractivity contribution is -0.188. The van der Waals surface area contributed by atoms with Gasteiger partial charge in [-0.1, -0.05) is 40.5 Å². The number of ether oxygens (including phenoxy) is 5. The molecule has 7 N–H and O–H groups in total. The molecule has 9 atom stereocenters. The molecule has 1 aliphatic rings. The van der Waals surface area contributed by atoms with Gasteiger partial charge in [0, 0.05) is 6.42 Å². The molecule has 0 saturated carbocycles. The molecule has 0 bridgehead atoms. The van der Waals surface area contributed by atoms with Crippen molar-refractivity contribution in [3.05, 3.63) is 16.7 Å². The number of anilines is 1. The maximum Gasteiger partial charge on any atom is 0.351 e. The first-order valence-electron chi connectivity index (χ1n) is 14.9. The van der Waals surface area contributed by atoms with Crippen LogP contribution < -0.4 is 22.8 Å². The van der Waals surface area contributed by atoms with Gasteiger partial charge in [-0.15, -0.1) is 0 Å². The smallest absolute Gasteiger partial charge is 0.351 e. The van der Waals surface area contributed by atoms with Gasteiger partial charge in [-0.25, -0.2) is 14.2 Å². The lowest BCUT2D eigenvalue weighted by Gasteiger charge is -2.28. The minimum absolute atomic E-state index is 0.0393. The largest absolute Gasteiger partial charge is 0.469 e. The first-order valence-corrected chi connectivity index (χ1v) is 14.9. The van der Waals surface area contributed by atoms with E-state index in [1.165, 1.54) is 10.9 Å². The maximum atomic E-state index is 15.1. The monoisotopic (exact) mass is 655 g/mol. The number of rotatable bonds is 15. The quantitative estimate of drug-likeness (QED) is 0.145. The number of alkyl halides is 1. The van der Waals surface area contributed by atoms with E-state index in [4.69, 9.17) is 36.1 Å². The number of nitrogens with two attached hydrogens (primary N) is 3. The molecule has 0 aliphatic carbocycles. The number of halogens is 1. The molecule has 18 heteroatoms. The van der Waals surface area contributed by atoms with Crippen LogP contribution in [0.5, 0.6) is 0 Å². The zero-order valence-corrected chi connectivity index (χ0v) is 26.3. The first-order chi connectivity index (χ1) is 21.7. The Morgan fingerprint density at radius 2 is 1.70 bits per heavy atom. The van der Waals surface area contributed by atoms with Crippen molar-refractivity contribution in [2.75, 3.05) is 19.5 Å². The van der Waals surface area contributed by atoms with Crippen LogP contribution in [0.15, 0.2) is 11.1 Å². The van der Waals surface area contributed by atoms with Crippen LogP contribution in [-0.4, -0.2) is 93.7 Å². The summed E-state index contributed by atoms with van der Waals surface area (Å²) < 4.78 is 43.0. The Hall–Kier alpha value is -4.16. The lowest BCUT2D eigenvalue weighted by Crippen LogP contribution is -2.50. The van der Waals surface area contributed by atoms with Gasteiger partial charge in [-0.2, -0.15) is 4.98 Å². The number of nitrogens with zero attached hydrogens (tertiary/aromatic N) is 3. The van der Waals surface area contributed by atoms with E-state index < -0.39 is 85.3 Å². The number of hydrogen-bond donors (Lipinski definition) is 4. The summed E-state index contributed by atoms with van der Waals surface area (Å²) in [7, 11) is 1.07. The highest BCUT2D eigenvalue weighted by atomic mass is 19.1. The Bertz CT molecular complexity index is 1450. The standard InChI is InChI=1S/C28H42FN7O10/c1-6-12(3)19(30)25(39)45-15(9-18(37)42-5)22(46-26(40)20(31)13(4)7-2)27(41)43-10-16-14(29)8-17(44-16)36-11-33-21-23(36)34-28(32)35-24(21)38/h11-17,19-20,22H,6-10,30-31H2,1-5H3,(H3,32,34,35,38)/t12-,13-,14?,15?,16+,17+,19-,20-,22?/m0/s1. The number of nitrogen functional groups attached to an aromatic ring is 1. The first kappa shape index (κ1) is 36.3. The number of hydrogen-bond acceptors (Lipinski definition) is 15. The molecular weight excluding hydrogens is 613 g/mol. The molecule has 0 aromatic carbocycles. The van der Waals surface area contributed by atoms with Crippen molar-refractivity contribution in [1.82, 2.24) is 19.5 Å². The summed E-state index contributed by atoms with van der Waals surface area (Å²) in [6, 6.07) is -2.30. The second kappa shape index (κ2) is 15.9. The van der Waals surface area contributed by atoms with E-state index in [0.29, 0.717) is 12.8 Å². The van der Waals surface area contributed by atoms with Crippen LogP contribution in [0.1, 0.15) is 59.6 Å². The molecule has 46 heavy (non-hydrogen) atoms. The fourth-order valence-corrected chi connectivity index (χ4v) is 4.55. The van der Waals surface area contributed by atoms with Crippen LogP contribution in [0.2, 0.25) is 0 Å². The predicted octanol–water partition coefficient (Wildman–Crippen LogP) is 0.00410. The second-order valence-corrected chi connectivity index (χ2v) is 11.2. The van der Waals surface area contributed by atoms with Crippen LogP contribution in [0, 0.1) is 11.8 Å². The van der Waals surface area contributed by atoms with E-state index in [1.54, 1.807) is 27.7 Å². The third-order valence-corrected chi connectivity index (χ3v) is 8.05. The molecular formula is C28H42FN7O10. The molecule has 3 rings (SSSR count). The van der Waals surface area contributed by atoms with Crippen LogP contribution in [0.3, 0.4) is 0 Å². The van der Waals surface area contributed by atoms with Crippen molar-refractivity contribution < 1.29 is 47.3 Å². The number of esters is 4. The third kappa shape index (κ3) is 8.55. The average Bonchev–Trinajstić information content (AvgIpc) is 3.62. The molecule has 0 radical (unpaired) electrons. The number of methoxy groups -OCH3 is 1. The molecule has 0 spiro atoms. The fourth-order valence-electron chi connectivity index (χ4n) is 4.55. The summed E-state index contributed by atoms with van der Waals surface area (Å²) in [6.45, 7) is 6.32. The van der Waals surface area contributed by atoms with Gasteiger partial charge in [0.25, 0.3) is 5.56 Å². The fraction of sp³-hybridized carbons (Fsp3) is 0.679. The highest BCUT2D eigenvalue weighted by Gasteiger charge is 2.43. The van der Waals surface area contributed by atoms with Crippen molar-refractivity contribution in [1.29, 1.82) is 0 Å². The minimum atomic E-state index is -2.00. The molecule has 3 heterocycles. The van der Waals surface area contributed by atoms with Gasteiger partial charge in [0.1, 0.15) is 37.2 Å². The number of carbonyl (C=O) groups is 4. The Labute approximate surface area is 263 Å². The predicted molar refractivity (Wildman–Crippen MR) is 158 cm³/mol. The number of fused-ring (bicyclic) bond motifs is 1. The Balaban J connectivity index is 1.83. The van der Waals surface area contributed by atoms with Gasteiger partial charge in [0.05, 0.1) is 19.9 Å². The average molecular weight is 656 g/mol. The summed E-state index contributed by atoms with van der Waals surface area (Å²) in [5.74, 6) is -5.03. The van der Waals surface area contributed by atoms with E-state index in [1.807, 2.05) is 0 Å². The molecule has 3 unspecified atom stereocenters. The SMILES string of the molecule is CC[C@H](C)[C@H](N)C(=O)OC(CC(=O)OC)C(OC(=O)[C@@H](N)[C@@H](C)CC)C(=O)OC[C@H]1O[C@@H](n2cnc3c(=O)[nH]c(N)nc32)CC1F. The summed E-state index contributed by atoms with van der Waals surface area (Å²) in [4.78, 5) is 74.0. The van der Waals surface area contributed by atoms with E-state index in [2.05, 4.69) is 19.7 Å². The minimum Gasteiger partial charge on any atom is -0.469 e. The number of aromatic amines is 1. The summed E-state index contributed by atoms with van der Waals surface area (Å²) in [5, 5.41) is 0. The summed E-state index contributed by atoms with van der Waals surface area (Å²) in [5.41, 5.74) is 17.1. The number of H-pyrrole nitrogens is 1. The van der Waals surface area contributed by atoms with E-state index in [-0.39, 0.29) is 35.4 Å². The van der Waals surface area contributed by atoms with Gasteiger partial charge in [0.15, 0.2) is 17.3 Å². The second-order valence-electron chi connectivity index (χ2n) is 11.2. The van der Waals surface area contributed by atoms with Crippen LogP contribution in [0.25, 0.3) is 11.2 Å². The normalized spacial score (nSPS) is 21.9. The zero-order valence-electron chi connectivity index (χ0n) is 26.3. The van der Waals surface area contributed by atoms with Gasteiger partial charge < -0.3 is 40.9 Å². The van der Waals surface area contributed by atoms with Crippen molar-refractivity contribution in [2.45, 2.75) is 96.2 Å². The molecule has 17 nitrogen and oxygen atoms in total. The van der Waals surface area contributed by atoms with Gasteiger partial charge in [-0.05, 0) is 11.8 Å². The van der Waals surface area contributed by atoms with Crippen molar-refractivity contribution >= 4 is 41.0 Å². The Kier molecular flexibility index (Phi) is 12.6. The van der Waals surface area contributed by atoms with Gasteiger partial charge in [-0.3, -0.25) is 28.7 Å². The summed E-state index contributed by atoms with van der Waals surface area (Å²) in [6.07, 6.45) is -6.36. The molecule has 1 fully saturated rings. The number of imidazole rings is 1. The van der Waals surface area contributed by atoms with Crippen molar-refractivity contribution in [3.63, 3.8) is 0 Å². The molecule has 0 amide bonds. The number of nitrogens with one attached hydrogen (secondary N) is 1. The third-order valence-electron chi connectivity index (χ3n) is 8.05. The maximum absolute atomic E-state index is 15.1. The van der Waals surface area contributed by atoms with Crippen LogP contribution in [0.4, 0.5) is 10.3 Å². The van der Waals surface area contributed by atoms with Crippen molar-refractivity contribution in [3.8, 4) is 0 Å². The number of carbonyl (C=O) groups excluding carboxylic acids is 4. The number of aromatic nitrogens is 4. The zero-order chi connectivity index (χ0) is 34.3. The molecule has 256 valence electrons. The molecule has 2 aromatic rings. The topological polar surface area (TPSA) is 256 Å². The van der Waals surface area contributed by atoms with Crippen LogP contribution >= 0.6 is 0 Å². The van der Waals surface area contributed by atoms with E-state index in [9.17, 15) is 24.0 Å². The molecule has 2 aromatic heterocycles. The highest BCUT2D eigenvalue weighted by molar-refractivity contribution is 5.84. The highest BCUT2D eigenvalue weighted by Crippen LogP contribution is 2.32. The van der Waals surface area contributed by atoms with E-state index in [0.717, 1.165) is 7.11 Å². The lowest BCUT2D eigenvalue weighted by atomic mass is 10.00. The Morgan fingerprint density at radius 1 is 1.09 bits per heavy atom. The molecule has 1 saturated heterocycles. The Morgan fingerprint density at radius 3 is 2.28 bits per heavy atom. The molecule has 1 aliphatic heterocycles. The van der Waals surface area contributed by atoms with E-state index >= 15 is 4.39 Å². The van der Waals surface area contributed by atoms with Crippen LogP contribution in [-0.2, 0) is 42.9 Å².